The minimum absolute atomic E-state index is 0.120. The summed E-state index contributed by atoms with van der Waals surface area (Å²) in [5.41, 5.74) is 1.12. The number of aliphatic hydroxyl groups excluding tert-OH is 1. The van der Waals surface area contributed by atoms with Gasteiger partial charge in [-0.3, -0.25) is 14.4 Å². The Morgan fingerprint density at radius 3 is 2.53 bits per heavy atom. The van der Waals surface area contributed by atoms with Gasteiger partial charge in [0, 0.05) is 19.6 Å². The van der Waals surface area contributed by atoms with E-state index in [2.05, 4.69) is 10.3 Å². The summed E-state index contributed by atoms with van der Waals surface area (Å²) in [5, 5.41) is 18.8. The van der Waals surface area contributed by atoms with Crippen molar-refractivity contribution in [2.45, 2.75) is 50.3 Å². The van der Waals surface area contributed by atoms with E-state index in [9.17, 15) is 19.5 Å². The number of fused-ring (bicyclic) bond motifs is 3. The third-order valence-electron chi connectivity index (χ3n) is 9.28. The molecule has 1 unspecified atom stereocenters. The van der Waals surface area contributed by atoms with Crippen molar-refractivity contribution in [2.24, 2.45) is 11.8 Å². The number of hydrogen-bond acceptors (Lipinski definition) is 7. The number of nitrogens with zero attached hydrogens (tertiary/aromatic N) is 6. The fourth-order valence-corrected chi connectivity index (χ4v) is 7.24. The zero-order valence-electron chi connectivity index (χ0n) is 23.9. The van der Waals surface area contributed by atoms with Gasteiger partial charge in [0.1, 0.15) is 23.8 Å². The maximum absolute atomic E-state index is 14.5. The van der Waals surface area contributed by atoms with Crippen molar-refractivity contribution in [1.82, 2.24) is 29.7 Å². The first-order valence-electron chi connectivity index (χ1n) is 14.8. The molecule has 1 N–H and O–H groups in total. The van der Waals surface area contributed by atoms with Crippen LogP contribution in [-0.2, 0) is 32.3 Å². The number of rotatable bonds is 7. The topological polar surface area (TPSA) is 121 Å². The largest absolute Gasteiger partial charge is 0.394 e. The molecule has 0 radical (unpaired) electrons. The van der Waals surface area contributed by atoms with E-state index in [0.717, 1.165) is 11.1 Å². The molecule has 2 aromatic carbocycles. The normalized spacial score (nSPS) is 29.1. The van der Waals surface area contributed by atoms with Gasteiger partial charge in [0.2, 0.25) is 11.8 Å². The van der Waals surface area contributed by atoms with Crippen LogP contribution < -0.4 is 0 Å². The highest BCUT2D eigenvalue weighted by Crippen LogP contribution is 2.54. The van der Waals surface area contributed by atoms with Crippen molar-refractivity contribution in [3.8, 4) is 0 Å². The third kappa shape index (κ3) is 4.29. The van der Waals surface area contributed by atoms with Gasteiger partial charge in [-0.05, 0) is 24.1 Å². The number of aliphatic hydroxyl groups is 1. The molecule has 0 aliphatic carbocycles. The monoisotopic (exact) mass is 582 g/mol. The number of ether oxygens (including phenoxy) is 1. The molecular formula is C32H34N6O5. The number of benzene rings is 2. The maximum Gasteiger partial charge on any atom is 0.250 e. The van der Waals surface area contributed by atoms with Crippen LogP contribution in [0.2, 0.25) is 0 Å². The highest BCUT2D eigenvalue weighted by atomic mass is 16.5. The Labute approximate surface area is 249 Å². The summed E-state index contributed by atoms with van der Waals surface area (Å²) in [6.07, 6.45) is 7.22. The quantitative estimate of drug-likeness (QED) is 0.422. The standard InChI is InChI=1S/C32H34N6O5/c1-2-22(19-39)38-28-31(42)36(20-37-24-13-7-6-12-23(24)33-34-37)17-9-15-32(28)27(30(38)41)26-25(43-32)14-8-16-35(29(26)40)18-21-10-4-3-5-11-21/h3-15,22,25-28,39H,2,16-20H2,1H3/t22-,25-,26+,27-,28?,32-/m0/s1. The average molecular weight is 583 g/mol. The summed E-state index contributed by atoms with van der Waals surface area (Å²) in [5.74, 6) is -2.55. The summed E-state index contributed by atoms with van der Waals surface area (Å²) >= 11 is 0. The molecule has 5 heterocycles. The minimum atomic E-state index is -1.36. The Hall–Kier alpha value is -4.35. The SMILES string of the molecule is CC[C@@H](CO)N1C(=O)[C@@H]2[C@@H]3C(=O)N(Cc4ccccc4)CC=C[C@@H]3O[C@@]23C=CCN(Cn2nnc4ccccc42)C(=O)C13. The van der Waals surface area contributed by atoms with Crippen LogP contribution in [0.15, 0.2) is 78.9 Å². The second kappa shape index (κ2) is 10.7. The molecule has 1 spiro atoms. The Balaban J connectivity index is 1.27. The molecule has 222 valence electrons. The number of carbonyl (C=O) groups is 3. The van der Waals surface area contributed by atoms with Crippen molar-refractivity contribution in [3.63, 3.8) is 0 Å². The summed E-state index contributed by atoms with van der Waals surface area (Å²) in [6.45, 7) is 2.74. The molecule has 0 saturated carbocycles. The molecular weight excluding hydrogens is 548 g/mol. The van der Waals surface area contributed by atoms with E-state index in [1.54, 1.807) is 14.5 Å². The molecule has 11 heteroatoms. The van der Waals surface area contributed by atoms with Gasteiger partial charge < -0.3 is 24.5 Å². The Kier molecular flexibility index (Phi) is 6.86. The first kappa shape index (κ1) is 27.5. The van der Waals surface area contributed by atoms with E-state index in [4.69, 9.17) is 4.74 Å². The summed E-state index contributed by atoms with van der Waals surface area (Å²) < 4.78 is 8.39. The highest BCUT2D eigenvalue weighted by Gasteiger charge is 2.72. The summed E-state index contributed by atoms with van der Waals surface area (Å²) in [6, 6.07) is 15.6. The number of amides is 3. The molecule has 1 aromatic heterocycles. The smallest absolute Gasteiger partial charge is 0.250 e. The third-order valence-corrected chi connectivity index (χ3v) is 9.28. The van der Waals surface area contributed by atoms with E-state index in [1.807, 2.05) is 85.8 Å². The van der Waals surface area contributed by atoms with Gasteiger partial charge in [0.15, 0.2) is 0 Å². The fraction of sp³-hybridized carbons (Fsp3) is 0.406. The zero-order chi connectivity index (χ0) is 29.7. The van der Waals surface area contributed by atoms with Crippen LogP contribution >= 0.6 is 0 Å². The second-order valence-corrected chi connectivity index (χ2v) is 11.6. The number of hydrogen-bond donors (Lipinski definition) is 1. The summed E-state index contributed by atoms with van der Waals surface area (Å²) in [7, 11) is 0. The van der Waals surface area contributed by atoms with Gasteiger partial charge in [-0.1, -0.05) is 78.9 Å². The average Bonchev–Trinajstić information content (AvgIpc) is 3.58. The Morgan fingerprint density at radius 2 is 1.74 bits per heavy atom. The van der Waals surface area contributed by atoms with Crippen molar-refractivity contribution >= 4 is 28.8 Å². The second-order valence-electron chi connectivity index (χ2n) is 11.6. The predicted octanol–water partition coefficient (Wildman–Crippen LogP) is 1.74. The van der Waals surface area contributed by atoms with Crippen LogP contribution in [-0.4, -0.2) is 96.0 Å². The van der Waals surface area contributed by atoms with E-state index in [0.29, 0.717) is 25.0 Å². The molecule has 2 saturated heterocycles. The molecule has 6 atom stereocenters. The van der Waals surface area contributed by atoms with Crippen LogP contribution in [0, 0.1) is 11.8 Å². The van der Waals surface area contributed by atoms with Gasteiger partial charge >= 0.3 is 0 Å². The van der Waals surface area contributed by atoms with Crippen molar-refractivity contribution in [2.75, 3.05) is 19.7 Å². The van der Waals surface area contributed by atoms with Crippen LogP contribution in [0.25, 0.3) is 11.0 Å². The molecule has 3 aromatic rings. The van der Waals surface area contributed by atoms with Gasteiger partial charge in [-0.15, -0.1) is 5.10 Å². The van der Waals surface area contributed by atoms with E-state index < -0.39 is 35.6 Å². The highest BCUT2D eigenvalue weighted by molar-refractivity contribution is 6.00. The Bertz CT molecular complexity index is 1620. The number of para-hydroxylation sites is 1. The lowest BCUT2D eigenvalue weighted by Gasteiger charge is -2.38. The first-order chi connectivity index (χ1) is 21.0. The lowest BCUT2D eigenvalue weighted by Crippen LogP contribution is -2.58. The lowest BCUT2D eigenvalue weighted by atomic mass is 9.77. The number of aromatic nitrogens is 3. The molecule has 4 aliphatic rings. The maximum atomic E-state index is 14.5. The zero-order valence-corrected chi connectivity index (χ0v) is 23.9. The predicted molar refractivity (Wildman–Crippen MR) is 156 cm³/mol. The van der Waals surface area contributed by atoms with Gasteiger partial charge in [-0.25, -0.2) is 4.68 Å². The Morgan fingerprint density at radius 1 is 0.977 bits per heavy atom. The summed E-state index contributed by atoms with van der Waals surface area (Å²) in [4.78, 5) is 48.1. The lowest BCUT2D eigenvalue weighted by molar-refractivity contribution is -0.152. The number of likely N-dealkylation sites (tertiary alicyclic amines) is 1. The van der Waals surface area contributed by atoms with Gasteiger partial charge in [0.05, 0.1) is 36.1 Å². The molecule has 7 rings (SSSR count). The van der Waals surface area contributed by atoms with Crippen LogP contribution in [0.3, 0.4) is 0 Å². The van der Waals surface area contributed by atoms with Crippen molar-refractivity contribution in [1.29, 1.82) is 0 Å². The van der Waals surface area contributed by atoms with E-state index in [-0.39, 0.29) is 37.5 Å². The van der Waals surface area contributed by atoms with E-state index in [1.165, 1.54) is 4.90 Å². The fourth-order valence-electron chi connectivity index (χ4n) is 7.24. The molecule has 11 nitrogen and oxygen atoms in total. The van der Waals surface area contributed by atoms with Crippen LogP contribution in [0.1, 0.15) is 18.9 Å². The number of carbonyl (C=O) groups excluding carboxylic acids is 3. The molecule has 3 amide bonds. The molecule has 2 fully saturated rings. The van der Waals surface area contributed by atoms with Gasteiger partial charge in [-0.2, -0.15) is 0 Å². The first-order valence-corrected chi connectivity index (χ1v) is 14.8. The molecule has 43 heavy (non-hydrogen) atoms. The van der Waals surface area contributed by atoms with Gasteiger partial charge in [0.25, 0.3) is 5.91 Å². The van der Waals surface area contributed by atoms with Crippen LogP contribution in [0.5, 0.6) is 0 Å². The minimum Gasteiger partial charge on any atom is -0.394 e. The van der Waals surface area contributed by atoms with Crippen molar-refractivity contribution in [3.05, 3.63) is 84.5 Å². The molecule has 0 bridgehead atoms. The molecule has 4 aliphatic heterocycles. The van der Waals surface area contributed by atoms with E-state index >= 15 is 0 Å². The van der Waals surface area contributed by atoms with Crippen LogP contribution in [0.4, 0.5) is 0 Å². The van der Waals surface area contributed by atoms with Crippen molar-refractivity contribution < 1.29 is 24.2 Å².